The summed E-state index contributed by atoms with van der Waals surface area (Å²) in [7, 11) is 3.28. The van der Waals surface area contributed by atoms with E-state index in [4.69, 9.17) is 15.2 Å². The van der Waals surface area contributed by atoms with Crippen molar-refractivity contribution in [3.05, 3.63) is 29.6 Å². The van der Waals surface area contributed by atoms with Gasteiger partial charge in [-0.25, -0.2) is 0 Å². The van der Waals surface area contributed by atoms with Crippen LogP contribution in [-0.4, -0.2) is 24.4 Å². The van der Waals surface area contributed by atoms with Crippen LogP contribution in [0.1, 0.15) is 11.4 Å². The van der Waals surface area contributed by atoms with Crippen LogP contribution < -0.4 is 15.2 Å². The van der Waals surface area contributed by atoms with Crippen LogP contribution in [0.3, 0.4) is 0 Å². The minimum Gasteiger partial charge on any atom is -0.497 e. The van der Waals surface area contributed by atoms with Gasteiger partial charge in [-0.05, 0) is 25.1 Å². The number of aryl methyl sites for hydroxylation is 1. The number of benzene rings is 1. The second-order valence-electron chi connectivity index (χ2n) is 3.94. The van der Waals surface area contributed by atoms with E-state index >= 15 is 0 Å². The van der Waals surface area contributed by atoms with Gasteiger partial charge in [0, 0.05) is 23.4 Å². The van der Waals surface area contributed by atoms with Gasteiger partial charge in [0.1, 0.15) is 11.5 Å². The summed E-state index contributed by atoms with van der Waals surface area (Å²) in [5.74, 6) is 1.55. The smallest absolute Gasteiger partial charge is 0.127 e. The highest BCUT2D eigenvalue weighted by Gasteiger charge is 2.16. The van der Waals surface area contributed by atoms with E-state index in [1.165, 1.54) is 0 Å². The summed E-state index contributed by atoms with van der Waals surface area (Å²) < 4.78 is 10.6. The Morgan fingerprint density at radius 2 is 2.06 bits per heavy atom. The first-order valence-electron chi connectivity index (χ1n) is 5.67. The number of H-pyrrole nitrogens is 1. The second-order valence-corrected chi connectivity index (χ2v) is 3.94. The van der Waals surface area contributed by atoms with E-state index in [1.54, 1.807) is 14.2 Å². The SMILES string of the molecule is COc1ccc(OC)c(-c2c(CN)n[nH]c2C)c1. The average molecular weight is 247 g/mol. The maximum atomic E-state index is 5.71. The molecule has 1 heterocycles. The predicted octanol–water partition coefficient (Wildman–Crippen LogP) is 1.86. The van der Waals surface area contributed by atoms with Gasteiger partial charge in [-0.15, -0.1) is 0 Å². The normalized spacial score (nSPS) is 10.4. The number of nitrogens with two attached hydrogens (primary N) is 1. The standard InChI is InChI=1S/C13H17N3O2/c1-8-13(11(7-14)16-15-8)10-6-9(17-2)4-5-12(10)18-3/h4-6H,7,14H2,1-3H3,(H,15,16). The predicted molar refractivity (Wildman–Crippen MR) is 69.8 cm³/mol. The van der Waals surface area contributed by atoms with Gasteiger partial charge in [-0.3, -0.25) is 5.10 Å². The Labute approximate surface area is 106 Å². The number of methoxy groups -OCH3 is 2. The van der Waals surface area contributed by atoms with E-state index in [1.807, 2.05) is 25.1 Å². The third kappa shape index (κ3) is 2.04. The molecule has 3 N–H and O–H groups in total. The zero-order valence-corrected chi connectivity index (χ0v) is 10.8. The van der Waals surface area contributed by atoms with Crippen LogP contribution in [0.4, 0.5) is 0 Å². The Bertz CT molecular complexity index is 549. The Balaban J connectivity index is 2.64. The zero-order valence-electron chi connectivity index (χ0n) is 10.8. The first-order chi connectivity index (χ1) is 8.71. The molecule has 2 rings (SSSR count). The highest BCUT2D eigenvalue weighted by Crippen LogP contribution is 2.36. The summed E-state index contributed by atoms with van der Waals surface area (Å²) in [4.78, 5) is 0. The molecule has 0 amide bonds. The molecule has 0 unspecified atom stereocenters. The third-order valence-corrected chi connectivity index (χ3v) is 2.89. The lowest BCUT2D eigenvalue weighted by molar-refractivity contribution is 0.404. The first kappa shape index (κ1) is 12.4. The number of aromatic amines is 1. The van der Waals surface area contributed by atoms with Gasteiger partial charge in [0.05, 0.1) is 19.9 Å². The summed E-state index contributed by atoms with van der Waals surface area (Å²) in [6.07, 6.45) is 0. The van der Waals surface area contributed by atoms with Crippen molar-refractivity contribution in [2.24, 2.45) is 5.73 Å². The van der Waals surface area contributed by atoms with Crippen LogP contribution in [0.15, 0.2) is 18.2 Å². The van der Waals surface area contributed by atoms with E-state index in [0.717, 1.165) is 34.0 Å². The molecule has 0 bridgehead atoms. The number of nitrogens with one attached hydrogen (secondary N) is 1. The van der Waals surface area contributed by atoms with Crippen LogP contribution in [0.25, 0.3) is 11.1 Å². The fraction of sp³-hybridized carbons (Fsp3) is 0.308. The molecule has 5 heteroatoms. The van der Waals surface area contributed by atoms with Crippen molar-refractivity contribution in [2.45, 2.75) is 13.5 Å². The number of ether oxygens (including phenoxy) is 2. The molecule has 0 aliphatic rings. The number of aromatic nitrogens is 2. The van der Waals surface area contributed by atoms with Crippen molar-refractivity contribution in [1.29, 1.82) is 0 Å². The molecular formula is C13H17N3O2. The van der Waals surface area contributed by atoms with E-state index in [2.05, 4.69) is 10.2 Å². The Morgan fingerprint density at radius 3 is 2.67 bits per heavy atom. The monoisotopic (exact) mass is 247 g/mol. The van der Waals surface area contributed by atoms with Gasteiger partial charge in [0.15, 0.2) is 0 Å². The van der Waals surface area contributed by atoms with Gasteiger partial charge >= 0.3 is 0 Å². The number of hydrogen-bond donors (Lipinski definition) is 2. The Hall–Kier alpha value is -2.01. The van der Waals surface area contributed by atoms with Gasteiger partial charge in [-0.2, -0.15) is 5.10 Å². The van der Waals surface area contributed by atoms with Crippen LogP contribution in [0.2, 0.25) is 0 Å². The van der Waals surface area contributed by atoms with Gasteiger partial charge in [0.2, 0.25) is 0 Å². The van der Waals surface area contributed by atoms with Crippen molar-refractivity contribution >= 4 is 0 Å². The minimum absolute atomic E-state index is 0.375. The molecule has 0 aliphatic carbocycles. The van der Waals surface area contributed by atoms with E-state index < -0.39 is 0 Å². The van der Waals surface area contributed by atoms with E-state index in [0.29, 0.717) is 6.54 Å². The molecule has 0 atom stereocenters. The van der Waals surface area contributed by atoms with Gasteiger partial charge in [-0.1, -0.05) is 0 Å². The fourth-order valence-corrected chi connectivity index (χ4v) is 1.99. The lowest BCUT2D eigenvalue weighted by Crippen LogP contribution is -2.00. The van der Waals surface area contributed by atoms with Crippen molar-refractivity contribution in [2.75, 3.05) is 14.2 Å². The molecule has 5 nitrogen and oxygen atoms in total. The molecule has 96 valence electrons. The number of nitrogens with zero attached hydrogens (tertiary/aromatic N) is 1. The summed E-state index contributed by atoms with van der Waals surface area (Å²) in [5.41, 5.74) is 9.40. The highest BCUT2D eigenvalue weighted by molar-refractivity contribution is 5.75. The molecule has 2 aromatic rings. The molecule has 1 aromatic heterocycles. The fourth-order valence-electron chi connectivity index (χ4n) is 1.99. The van der Waals surface area contributed by atoms with Crippen molar-refractivity contribution in [1.82, 2.24) is 10.2 Å². The Morgan fingerprint density at radius 1 is 1.28 bits per heavy atom. The lowest BCUT2D eigenvalue weighted by atomic mass is 10.0. The summed E-state index contributed by atoms with van der Waals surface area (Å²) in [6.45, 7) is 2.33. The molecular weight excluding hydrogens is 230 g/mol. The van der Waals surface area contributed by atoms with E-state index in [9.17, 15) is 0 Å². The molecule has 0 aliphatic heterocycles. The molecule has 0 saturated heterocycles. The van der Waals surface area contributed by atoms with Crippen LogP contribution in [0.5, 0.6) is 11.5 Å². The van der Waals surface area contributed by atoms with Gasteiger partial charge < -0.3 is 15.2 Å². The first-order valence-corrected chi connectivity index (χ1v) is 5.67. The quantitative estimate of drug-likeness (QED) is 0.865. The third-order valence-electron chi connectivity index (χ3n) is 2.89. The molecule has 0 fully saturated rings. The topological polar surface area (TPSA) is 73.2 Å². The molecule has 1 aromatic carbocycles. The maximum absolute atomic E-state index is 5.71. The largest absolute Gasteiger partial charge is 0.497 e. The molecule has 0 saturated carbocycles. The zero-order chi connectivity index (χ0) is 13.1. The van der Waals surface area contributed by atoms with Crippen molar-refractivity contribution < 1.29 is 9.47 Å². The highest BCUT2D eigenvalue weighted by atomic mass is 16.5. The maximum Gasteiger partial charge on any atom is 0.127 e. The van der Waals surface area contributed by atoms with Gasteiger partial charge in [0.25, 0.3) is 0 Å². The summed E-state index contributed by atoms with van der Waals surface area (Å²) >= 11 is 0. The van der Waals surface area contributed by atoms with Crippen molar-refractivity contribution in [3.8, 4) is 22.6 Å². The average Bonchev–Trinajstić information content (AvgIpc) is 2.78. The van der Waals surface area contributed by atoms with Crippen molar-refractivity contribution in [3.63, 3.8) is 0 Å². The number of hydrogen-bond acceptors (Lipinski definition) is 4. The number of rotatable bonds is 4. The van der Waals surface area contributed by atoms with Crippen LogP contribution in [0, 0.1) is 6.92 Å². The van der Waals surface area contributed by atoms with Crippen LogP contribution >= 0.6 is 0 Å². The molecule has 18 heavy (non-hydrogen) atoms. The summed E-state index contributed by atoms with van der Waals surface area (Å²) in [5, 5.41) is 7.14. The summed E-state index contributed by atoms with van der Waals surface area (Å²) in [6, 6.07) is 5.66. The molecule has 0 spiro atoms. The minimum atomic E-state index is 0.375. The second kappa shape index (κ2) is 5.10. The molecule has 0 radical (unpaired) electrons. The Kier molecular flexibility index (Phi) is 3.53. The van der Waals surface area contributed by atoms with E-state index in [-0.39, 0.29) is 0 Å². The van der Waals surface area contributed by atoms with Crippen LogP contribution in [-0.2, 0) is 6.54 Å². The lowest BCUT2D eigenvalue weighted by Gasteiger charge is -2.11.